The molecule has 1 atom stereocenters. The van der Waals surface area contributed by atoms with E-state index in [1.807, 2.05) is 0 Å². The number of rotatable bonds is 3. The second-order valence-electron chi connectivity index (χ2n) is 7.12. The summed E-state index contributed by atoms with van der Waals surface area (Å²) < 4.78 is 23.1. The minimum Gasteiger partial charge on any atom is -0.326 e. The van der Waals surface area contributed by atoms with Crippen molar-refractivity contribution in [3.05, 3.63) is 54.1 Å². The maximum atomic E-state index is 12.9. The molecule has 0 saturated carbocycles. The lowest BCUT2D eigenvalue weighted by atomic mass is 10.1. The van der Waals surface area contributed by atoms with Crippen LogP contribution in [-0.2, 0) is 19.4 Å². The van der Waals surface area contributed by atoms with Crippen LogP contribution in [0.5, 0.6) is 0 Å². The van der Waals surface area contributed by atoms with Crippen LogP contribution < -0.4 is 15.5 Å². The molecular weight excluding hydrogens is 394 g/mol. The van der Waals surface area contributed by atoms with Crippen LogP contribution in [0.1, 0.15) is 16.8 Å². The van der Waals surface area contributed by atoms with Crippen LogP contribution in [0.3, 0.4) is 0 Å². The number of nitrogens with one attached hydrogen (secondary N) is 2. The van der Waals surface area contributed by atoms with Crippen LogP contribution in [0.2, 0.25) is 0 Å². The standard InChI is InChI=1S/C20H19N3O5S/c24-18-11-23(17-4-2-1-3-16(17)22-18)20(26)13-5-7-15(8-6-13)21-19(25)14-9-10-29(27,28)12-14/h1-8,14H,9-12H2,(H,21,25)(H,22,24). The van der Waals surface area contributed by atoms with Crippen LogP contribution in [0.4, 0.5) is 17.1 Å². The molecule has 2 aliphatic heterocycles. The number of amides is 3. The Bertz CT molecular complexity index is 1100. The molecule has 2 aromatic rings. The zero-order chi connectivity index (χ0) is 20.6. The number of para-hydroxylation sites is 2. The maximum absolute atomic E-state index is 12.9. The highest BCUT2D eigenvalue weighted by Crippen LogP contribution is 2.30. The Balaban J connectivity index is 1.48. The van der Waals surface area contributed by atoms with E-state index in [-0.39, 0.29) is 35.8 Å². The topological polar surface area (TPSA) is 113 Å². The number of benzene rings is 2. The fraction of sp³-hybridized carbons (Fsp3) is 0.250. The molecule has 2 N–H and O–H groups in total. The first-order valence-corrected chi connectivity index (χ1v) is 11.0. The van der Waals surface area contributed by atoms with Gasteiger partial charge < -0.3 is 10.6 Å². The smallest absolute Gasteiger partial charge is 0.258 e. The highest BCUT2D eigenvalue weighted by molar-refractivity contribution is 7.91. The third-order valence-corrected chi connectivity index (χ3v) is 6.79. The minimum absolute atomic E-state index is 0.0312. The predicted octanol–water partition coefficient (Wildman–Crippen LogP) is 1.66. The van der Waals surface area contributed by atoms with Crippen LogP contribution in [0.25, 0.3) is 0 Å². The van der Waals surface area contributed by atoms with Crippen molar-refractivity contribution < 1.29 is 22.8 Å². The molecule has 9 heteroatoms. The Morgan fingerprint density at radius 2 is 1.79 bits per heavy atom. The van der Waals surface area contributed by atoms with Crippen molar-refractivity contribution in [2.24, 2.45) is 5.92 Å². The van der Waals surface area contributed by atoms with Gasteiger partial charge in [0, 0.05) is 11.3 Å². The number of sulfone groups is 1. The van der Waals surface area contributed by atoms with Gasteiger partial charge in [0.05, 0.1) is 28.8 Å². The molecule has 2 heterocycles. The highest BCUT2D eigenvalue weighted by atomic mass is 32.2. The summed E-state index contributed by atoms with van der Waals surface area (Å²) in [5, 5.41) is 5.43. The van der Waals surface area contributed by atoms with Crippen molar-refractivity contribution in [2.45, 2.75) is 6.42 Å². The number of carbonyl (C=O) groups excluding carboxylic acids is 3. The monoisotopic (exact) mass is 413 g/mol. The van der Waals surface area contributed by atoms with Gasteiger partial charge in [0.25, 0.3) is 5.91 Å². The number of carbonyl (C=O) groups is 3. The minimum atomic E-state index is -3.14. The molecule has 0 radical (unpaired) electrons. The number of nitrogens with zero attached hydrogens (tertiary/aromatic N) is 1. The van der Waals surface area contributed by atoms with Gasteiger partial charge in [-0.25, -0.2) is 8.42 Å². The summed E-state index contributed by atoms with van der Waals surface area (Å²) in [6, 6.07) is 13.4. The van der Waals surface area contributed by atoms with E-state index in [1.54, 1.807) is 48.5 Å². The molecule has 1 unspecified atom stereocenters. The molecule has 2 aliphatic rings. The number of hydrogen-bond acceptors (Lipinski definition) is 5. The van der Waals surface area contributed by atoms with Crippen LogP contribution >= 0.6 is 0 Å². The maximum Gasteiger partial charge on any atom is 0.258 e. The normalized spacial score (nSPS) is 19.9. The average Bonchev–Trinajstić information content (AvgIpc) is 3.07. The summed E-state index contributed by atoms with van der Waals surface area (Å²) in [5.74, 6) is -1.59. The zero-order valence-corrected chi connectivity index (χ0v) is 16.2. The first-order chi connectivity index (χ1) is 13.8. The predicted molar refractivity (Wildman–Crippen MR) is 109 cm³/mol. The fourth-order valence-electron chi connectivity index (χ4n) is 3.51. The van der Waals surface area contributed by atoms with Crippen molar-refractivity contribution in [2.75, 3.05) is 33.6 Å². The molecule has 2 aromatic carbocycles. The summed E-state index contributed by atoms with van der Waals surface area (Å²) in [5.41, 5.74) is 2.05. The van der Waals surface area contributed by atoms with Crippen molar-refractivity contribution in [1.29, 1.82) is 0 Å². The summed E-state index contributed by atoms with van der Waals surface area (Å²) >= 11 is 0. The molecule has 1 fully saturated rings. The zero-order valence-electron chi connectivity index (χ0n) is 15.4. The average molecular weight is 413 g/mol. The Morgan fingerprint density at radius 1 is 1.07 bits per heavy atom. The number of anilines is 3. The van der Waals surface area contributed by atoms with Gasteiger partial charge in [-0.05, 0) is 42.8 Å². The Morgan fingerprint density at radius 3 is 2.48 bits per heavy atom. The molecule has 3 amide bonds. The lowest BCUT2D eigenvalue weighted by molar-refractivity contribution is -0.119. The molecule has 8 nitrogen and oxygen atoms in total. The van der Waals surface area contributed by atoms with E-state index in [0.717, 1.165) is 0 Å². The van der Waals surface area contributed by atoms with Crippen molar-refractivity contribution in [3.63, 3.8) is 0 Å². The fourth-order valence-corrected chi connectivity index (χ4v) is 5.25. The quantitative estimate of drug-likeness (QED) is 0.795. The van der Waals surface area contributed by atoms with Gasteiger partial charge in [0.15, 0.2) is 9.84 Å². The summed E-state index contributed by atoms with van der Waals surface area (Å²) in [7, 11) is -3.14. The molecule has 0 aliphatic carbocycles. The molecule has 150 valence electrons. The van der Waals surface area contributed by atoms with Gasteiger partial charge in [-0.2, -0.15) is 0 Å². The first-order valence-electron chi connectivity index (χ1n) is 9.14. The van der Waals surface area contributed by atoms with Crippen LogP contribution in [-0.4, -0.2) is 44.2 Å². The molecule has 0 bridgehead atoms. The van der Waals surface area contributed by atoms with Gasteiger partial charge in [-0.15, -0.1) is 0 Å². The second kappa shape index (κ2) is 7.32. The van der Waals surface area contributed by atoms with Gasteiger partial charge in [0.2, 0.25) is 11.8 Å². The Hall–Kier alpha value is -3.20. The van der Waals surface area contributed by atoms with E-state index >= 15 is 0 Å². The van der Waals surface area contributed by atoms with Gasteiger partial charge in [-0.3, -0.25) is 19.3 Å². The highest BCUT2D eigenvalue weighted by Gasteiger charge is 2.33. The number of fused-ring (bicyclic) bond motifs is 1. The van der Waals surface area contributed by atoms with E-state index in [9.17, 15) is 22.8 Å². The van der Waals surface area contributed by atoms with E-state index in [0.29, 0.717) is 29.0 Å². The van der Waals surface area contributed by atoms with Crippen LogP contribution in [0.15, 0.2) is 48.5 Å². The summed E-state index contributed by atoms with van der Waals surface area (Å²) in [6.07, 6.45) is 0.321. The number of hydrogen-bond donors (Lipinski definition) is 2. The van der Waals surface area contributed by atoms with Crippen molar-refractivity contribution >= 4 is 44.6 Å². The Labute approximate surface area is 167 Å². The van der Waals surface area contributed by atoms with Gasteiger partial charge in [-0.1, -0.05) is 12.1 Å². The van der Waals surface area contributed by atoms with Crippen molar-refractivity contribution in [3.8, 4) is 0 Å². The summed E-state index contributed by atoms with van der Waals surface area (Å²) in [4.78, 5) is 38.5. The Kier molecular flexibility index (Phi) is 4.83. The van der Waals surface area contributed by atoms with E-state index < -0.39 is 15.8 Å². The lowest BCUT2D eigenvalue weighted by Gasteiger charge is -2.29. The second-order valence-corrected chi connectivity index (χ2v) is 9.35. The molecule has 1 saturated heterocycles. The molecular formula is C20H19N3O5S. The SMILES string of the molecule is O=C1CN(C(=O)c2ccc(NC(=O)C3CCS(=O)(=O)C3)cc2)c2ccccc2N1. The van der Waals surface area contributed by atoms with E-state index in [2.05, 4.69) is 10.6 Å². The molecule has 0 aromatic heterocycles. The lowest BCUT2D eigenvalue weighted by Crippen LogP contribution is -2.42. The summed E-state index contributed by atoms with van der Waals surface area (Å²) in [6.45, 7) is -0.0789. The largest absolute Gasteiger partial charge is 0.326 e. The van der Waals surface area contributed by atoms with E-state index in [1.165, 1.54) is 4.90 Å². The van der Waals surface area contributed by atoms with Crippen molar-refractivity contribution in [1.82, 2.24) is 0 Å². The molecule has 0 spiro atoms. The van der Waals surface area contributed by atoms with E-state index in [4.69, 9.17) is 0 Å². The van der Waals surface area contributed by atoms with Gasteiger partial charge >= 0.3 is 0 Å². The molecule has 4 rings (SSSR count). The van der Waals surface area contributed by atoms with Crippen LogP contribution in [0, 0.1) is 5.92 Å². The molecule has 29 heavy (non-hydrogen) atoms. The third kappa shape index (κ3) is 4.00. The third-order valence-electron chi connectivity index (χ3n) is 5.02. The first kappa shape index (κ1) is 19.1. The van der Waals surface area contributed by atoms with Gasteiger partial charge in [0.1, 0.15) is 6.54 Å².